The van der Waals surface area contributed by atoms with Crippen molar-refractivity contribution in [2.45, 2.75) is 12.8 Å². The Morgan fingerprint density at radius 3 is 1.69 bits per heavy atom. The molecule has 0 heterocycles. The van der Waals surface area contributed by atoms with Gasteiger partial charge in [0.25, 0.3) is 0 Å². The maximum atomic E-state index is 12.7. The first-order valence-electron chi connectivity index (χ1n) is 11.4. The van der Waals surface area contributed by atoms with Gasteiger partial charge in [0, 0.05) is 5.69 Å². The molecule has 0 spiro atoms. The van der Waals surface area contributed by atoms with Crippen LogP contribution in [0, 0.1) is 0 Å². The molecule has 4 nitrogen and oxygen atoms in total. The molecule has 0 saturated heterocycles. The number of fused-ring (bicyclic) bond motifs is 2. The molecule has 5 rings (SSSR count). The number of carbonyl (C=O) groups is 2. The van der Waals surface area contributed by atoms with Crippen LogP contribution in [-0.4, -0.2) is 11.8 Å². The molecule has 2 N–H and O–H groups in total. The number of nitrogens with one attached hydrogen (secondary N) is 2. The number of amides is 2. The largest absolute Gasteiger partial charge is 0.326 e. The summed E-state index contributed by atoms with van der Waals surface area (Å²) in [5.74, 6) is -0.291. The number of hydrogen-bond acceptors (Lipinski definition) is 2. The van der Waals surface area contributed by atoms with Crippen LogP contribution >= 0.6 is 11.6 Å². The van der Waals surface area contributed by atoms with E-state index in [4.69, 9.17) is 11.6 Å². The van der Waals surface area contributed by atoms with E-state index in [0.29, 0.717) is 16.4 Å². The Morgan fingerprint density at radius 1 is 0.600 bits per heavy atom. The van der Waals surface area contributed by atoms with Crippen LogP contribution in [-0.2, 0) is 22.4 Å². The molecule has 0 bridgehead atoms. The fourth-order valence-electron chi connectivity index (χ4n) is 4.33. The van der Waals surface area contributed by atoms with Crippen molar-refractivity contribution in [1.29, 1.82) is 0 Å². The predicted molar refractivity (Wildman–Crippen MR) is 144 cm³/mol. The lowest BCUT2D eigenvalue weighted by atomic mass is 10.0. The summed E-state index contributed by atoms with van der Waals surface area (Å²) in [5, 5.41) is 10.5. The monoisotopic (exact) mass is 478 g/mol. The quantitative estimate of drug-likeness (QED) is 0.276. The normalized spacial score (nSPS) is 10.9. The molecule has 0 aliphatic rings. The lowest BCUT2D eigenvalue weighted by Gasteiger charge is -2.12. The second-order valence-electron chi connectivity index (χ2n) is 8.42. The molecule has 172 valence electrons. The molecule has 0 radical (unpaired) electrons. The standard InChI is InChI=1S/C30H23ClN2O2/c31-27-19-24(32-29(34)17-22-11-5-9-20-7-1-3-13-25(20)22)15-16-28(27)33-30(35)18-23-12-6-10-21-8-2-4-14-26(21)23/h1-16,19H,17-18H2,(H,32,34)(H,33,35). The summed E-state index contributed by atoms with van der Waals surface area (Å²) in [6.07, 6.45) is 0.490. The lowest BCUT2D eigenvalue weighted by Crippen LogP contribution is -2.16. The summed E-state index contributed by atoms with van der Waals surface area (Å²) in [6, 6.07) is 33.0. The molecule has 35 heavy (non-hydrogen) atoms. The van der Waals surface area contributed by atoms with Crippen molar-refractivity contribution < 1.29 is 9.59 Å². The van der Waals surface area contributed by atoms with Crippen molar-refractivity contribution in [2.24, 2.45) is 0 Å². The van der Waals surface area contributed by atoms with Crippen molar-refractivity contribution in [3.63, 3.8) is 0 Å². The van der Waals surface area contributed by atoms with Crippen LogP contribution in [0.5, 0.6) is 0 Å². The molecule has 0 fully saturated rings. The van der Waals surface area contributed by atoms with Gasteiger partial charge >= 0.3 is 0 Å². The summed E-state index contributed by atoms with van der Waals surface area (Å²) in [5.41, 5.74) is 2.99. The average molecular weight is 479 g/mol. The fraction of sp³-hybridized carbons (Fsp3) is 0.0667. The summed E-state index contributed by atoms with van der Waals surface area (Å²) < 4.78 is 0. The highest BCUT2D eigenvalue weighted by Gasteiger charge is 2.12. The molecule has 0 unspecified atom stereocenters. The second kappa shape index (κ2) is 10.00. The Morgan fingerprint density at radius 2 is 1.11 bits per heavy atom. The topological polar surface area (TPSA) is 58.2 Å². The van der Waals surface area contributed by atoms with Gasteiger partial charge in [-0.1, -0.05) is 96.5 Å². The third kappa shape index (κ3) is 5.18. The highest BCUT2D eigenvalue weighted by Crippen LogP contribution is 2.27. The first-order chi connectivity index (χ1) is 17.1. The Kier molecular flexibility index (Phi) is 6.47. The molecular formula is C30H23ClN2O2. The predicted octanol–water partition coefficient (Wildman–Crippen LogP) is 7.01. The van der Waals surface area contributed by atoms with E-state index in [1.807, 2.05) is 84.9 Å². The number of hydrogen-bond donors (Lipinski definition) is 2. The molecule has 5 heteroatoms. The van der Waals surface area contributed by atoms with Crippen LogP contribution in [0.1, 0.15) is 11.1 Å². The minimum absolute atomic E-state index is 0.134. The van der Waals surface area contributed by atoms with Crippen molar-refractivity contribution in [2.75, 3.05) is 10.6 Å². The van der Waals surface area contributed by atoms with Gasteiger partial charge in [0.05, 0.1) is 23.6 Å². The van der Waals surface area contributed by atoms with E-state index in [0.717, 1.165) is 32.7 Å². The zero-order valence-corrected chi connectivity index (χ0v) is 19.7. The van der Waals surface area contributed by atoms with E-state index in [-0.39, 0.29) is 24.7 Å². The average Bonchev–Trinajstić information content (AvgIpc) is 2.86. The van der Waals surface area contributed by atoms with Crippen molar-refractivity contribution >= 4 is 56.3 Å². The summed E-state index contributed by atoms with van der Waals surface area (Å²) in [6.45, 7) is 0. The maximum Gasteiger partial charge on any atom is 0.228 e. The minimum atomic E-state index is -0.156. The minimum Gasteiger partial charge on any atom is -0.326 e. The van der Waals surface area contributed by atoms with Crippen molar-refractivity contribution in [1.82, 2.24) is 0 Å². The van der Waals surface area contributed by atoms with Gasteiger partial charge in [-0.25, -0.2) is 0 Å². The molecular weight excluding hydrogens is 456 g/mol. The van der Waals surface area contributed by atoms with Gasteiger partial charge in [0.15, 0.2) is 0 Å². The van der Waals surface area contributed by atoms with Crippen LogP contribution in [0.25, 0.3) is 21.5 Å². The van der Waals surface area contributed by atoms with Gasteiger partial charge in [-0.3, -0.25) is 9.59 Å². The maximum absolute atomic E-state index is 12.7. The Balaban J connectivity index is 1.24. The Labute approximate surface area is 208 Å². The summed E-state index contributed by atoms with van der Waals surface area (Å²) >= 11 is 6.43. The third-order valence-electron chi connectivity index (χ3n) is 5.99. The summed E-state index contributed by atoms with van der Waals surface area (Å²) in [7, 11) is 0. The molecule has 2 amide bonds. The van der Waals surface area contributed by atoms with E-state index in [2.05, 4.69) is 10.6 Å². The van der Waals surface area contributed by atoms with Gasteiger partial charge in [-0.05, 0) is 50.9 Å². The molecule has 0 saturated carbocycles. The van der Waals surface area contributed by atoms with Crippen LogP contribution < -0.4 is 10.6 Å². The molecule has 0 aliphatic carbocycles. The van der Waals surface area contributed by atoms with Crippen LogP contribution in [0.4, 0.5) is 11.4 Å². The number of benzene rings is 5. The van der Waals surface area contributed by atoms with Crippen molar-refractivity contribution in [3.8, 4) is 0 Å². The molecule has 5 aromatic rings. The van der Waals surface area contributed by atoms with E-state index < -0.39 is 0 Å². The first-order valence-corrected chi connectivity index (χ1v) is 11.8. The van der Waals surface area contributed by atoms with Gasteiger partial charge in [-0.15, -0.1) is 0 Å². The van der Waals surface area contributed by atoms with Gasteiger partial charge in [0.1, 0.15) is 0 Å². The molecule has 5 aromatic carbocycles. The van der Waals surface area contributed by atoms with E-state index in [1.165, 1.54) is 0 Å². The lowest BCUT2D eigenvalue weighted by molar-refractivity contribution is -0.116. The summed E-state index contributed by atoms with van der Waals surface area (Å²) in [4.78, 5) is 25.4. The highest BCUT2D eigenvalue weighted by molar-refractivity contribution is 6.34. The highest BCUT2D eigenvalue weighted by atomic mass is 35.5. The van der Waals surface area contributed by atoms with Crippen LogP contribution in [0.15, 0.2) is 103 Å². The second-order valence-corrected chi connectivity index (χ2v) is 8.83. The Hall–Kier alpha value is -4.15. The number of anilines is 2. The first kappa shape index (κ1) is 22.6. The van der Waals surface area contributed by atoms with Gasteiger partial charge < -0.3 is 10.6 Å². The number of rotatable bonds is 6. The molecule has 0 atom stereocenters. The van der Waals surface area contributed by atoms with Gasteiger partial charge in [-0.2, -0.15) is 0 Å². The molecule has 0 aromatic heterocycles. The SMILES string of the molecule is O=C(Cc1cccc2ccccc12)Nc1ccc(NC(=O)Cc2cccc3ccccc23)c(Cl)c1. The van der Waals surface area contributed by atoms with E-state index >= 15 is 0 Å². The third-order valence-corrected chi connectivity index (χ3v) is 6.30. The zero-order valence-electron chi connectivity index (χ0n) is 18.9. The smallest absolute Gasteiger partial charge is 0.228 e. The van der Waals surface area contributed by atoms with Gasteiger partial charge in [0.2, 0.25) is 11.8 Å². The van der Waals surface area contributed by atoms with E-state index in [1.54, 1.807) is 18.2 Å². The zero-order chi connectivity index (χ0) is 24.2. The number of halogens is 1. The van der Waals surface area contributed by atoms with Crippen LogP contribution in [0.2, 0.25) is 5.02 Å². The number of carbonyl (C=O) groups excluding carboxylic acids is 2. The van der Waals surface area contributed by atoms with E-state index in [9.17, 15) is 9.59 Å². The van der Waals surface area contributed by atoms with Crippen molar-refractivity contribution in [3.05, 3.63) is 119 Å². The van der Waals surface area contributed by atoms with Crippen LogP contribution in [0.3, 0.4) is 0 Å². The Bertz CT molecular complexity index is 1550. The molecule has 0 aliphatic heterocycles. The fourth-order valence-corrected chi connectivity index (χ4v) is 4.56.